The van der Waals surface area contributed by atoms with Crippen LogP contribution in [0.2, 0.25) is 0 Å². The van der Waals surface area contributed by atoms with Gasteiger partial charge in [-0.15, -0.1) is 0 Å². The Morgan fingerprint density at radius 2 is 2.12 bits per heavy atom. The van der Waals surface area contributed by atoms with Gasteiger partial charge in [-0.05, 0) is 50.1 Å². The summed E-state index contributed by atoms with van der Waals surface area (Å²) in [6.45, 7) is 1.87. The average Bonchev–Trinajstić information content (AvgIpc) is 3.21. The largest absolute Gasteiger partial charge is 0.348 e. The molecule has 3 heterocycles. The number of nitrogens with zero attached hydrogens (tertiary/aromatic N) is 3. The van der Waals surface area contributed by atoms with Crippen LogP contribution in [0, 0.1) is 12.7 Å². The van der Waals surface area contributed by atoms with Crippen molar-refractivity contribution in [2.75, 3.05) is 0 Å². The lowest BCUT2D eigenvalue weighted by Crippen LogP contribution is -2.26. The molecule has 1 saturated carbocycles. The summed E-state index contributed by atoms with van der Waals surface area (Å²) in [7, 11) is 0. The highest BCUT2D eigenvalue weighted by Gasteiger charge is 2.25. The fraction of sp³-hybridized carbons (Fsp3) is 0.211. The van der Waals surface area contributed by atoms with Gasteiger partial charge in [-0.25, -0.2) is 9.37 Å². The van der Waals surface area contributed by atoms with E-state index in [1.54, 1.807) is 18.3 Å². The van der Waals surface area contributed by atoms with E-state index in [0.717, 1.165) is 46.2 Å². The molecule has 1 aliphatic carbocycles. The molecule has 0 saturated heterocycles. The highest BCUT2D eigenvalue weighted by Crippen LogP contribution is 2.31. The number of hydrogen-bond acceptors (Lipinski definition) is 3. The maximum absolute atomic E-state index is 13.7. The number of rotatable bonds is 3. The van der Waals surface area contributed by atoms with Crippen LogP contribution >= 0.6 is 0 Å². The Hall–Kier alpha value is -3.22. The van der Waals surface area contributed by atoms with Crippen LogP contribution in [0.5, 0.6) is 0 Å². The van der Waals surface area contributed by atoms with E-state index in [9.17, 15) is 9.18 Å². The standard InChI is InChI=1S/C19H16FN5O/c1-10-15(7-5-14(22-10)19(26)23-12-3-4-12)25-16-6-2-11(20)8-13(16)18-17(25)9-21-24-18/h2,5-9,12H,3-4H2,1H3,(H,21,24)(H,23,26). The molecule has 1 amide bonds. The number of carbonyl (C=O) groups is 1. The lowest BCUT2D eigenvalue weighted by Gasteiger charge is -2.11. The molecule has 1 aliphatic rings. The monoisotopic (exact) mass is 349 g/mol. The highest BCUT2D eigenvalue weighted by molar-refractivity contribution is 6.07. The molecule has 6 nitrogen and oxygen atoms in total. The van der Waals surface area contributed by atoms with Crippen molar-refractivity contribution in [3.8, 4) is 5.69 Å². The van der Waals surface area contributed by atoms with Crippen molar-refractivity contribution in [3.05, 3.63) is 53.7 Å². The number of aromatic amines is 1. The third-order valence-electron chi connectivity index (χ3n) is 4.77. The van der Waals surface area contributed by atoms with E-state index in [4.69, 9.17) is 0 Å². The van der Waals surface area contributed by atoms with E-state index in [1.165, 1.54) is 12.1 Å². The van der Waals surface area contributed by atoms with Crippen LogP contribution in [0.25, 0.3) is 27.6 Å². The van der Waals surface area contributed by atoms with E-state index >= 15 is 0 Å². The van der Waals surface area contributed by atoms with Gasteiger partial charge < -0.3 is 9.88 Å². The lowest BCUT2D eigenvalue weighted by molar-refractivity contribution is 0.0946. The predicted molar refractivity (Wildman–Crippen MR) is 95.9 cm³/mol. The minimum Gasteiger partial charge on any atom is -0.348 e. The second-order valence-corrected chi connectivity index (χ2v) is 6.68. The summed E-state index contributed by atoms with van der Waals surface area (Å²) in [5.41, 5.74) is 4.43. The first-order valence-electron chi connectivity index (χ1n) is 8.54. The molecular weight excluding hydrogens is 333 g/mol. The molecule has 26 heavy (non-hydrogen) atoms. The zero-order valence-corrected chi connectivity index (χ0v) is 14.1. The summed E-state index contributed by atoms with van der Waals surface area (Å²) in [4.78, 5) is 16.7. The van der Waals surface area contributed by atoms with E-state index in [0.29, 0.717) is 5.69 Å². The minimum absolute atomic E-state index is 0.143. The number of benzene rings is 1. The fourth-order valence-electron chi connectivity index (χ4n) is 3.34. The quantitative estimate of drug-likeness (QED) is 0.596. The number of H-pyrrole nitrogens is 1. The van der Waals surface area contributed by atoms with Gasteiger partial charge in [0.2, 0.25) is 0 Å². The first-order valence-corrected chi connectivity index (χ1v) is 8.54. The topological polar surface area (TPSA) is 75.6 Å². The van der Waals surface area contributed by atoms with Crippen molar-refractivity contribution in [1.82, 2.24) is 25.1 Å². The molecule has 2 N–H and O–H groups in total. The van der Waals surface area contributed by atoms with E-state index in [2.05, 4.69) is 20.5 Å². The van der Waals surface area contributed by atoms with Crippen LogP contribution in [-0.4, -0.2) is 31.7 Å². The Kier molecular flexibility index (Phi) is 3.12. The molecule has 0 radical (unpaired) electrons. The Bertz CT molecular complexity index is 1170. The summed E-state index contributed by atoms with van der Waals surface area (Å²) < 4.78 is 15.7. The Balaban J connectivity index is 1.67. The number of halogens is 1. The third kappa shape index (κ3) is 2.28. The highest BCUT2D eigenvalue weighted by atomic mass is 19.1. The first kappa shape index (κ1) is 15.1. The minimum atomic E-state index is -0.298. The van der Waals surface area contributed by atoms with Crippen molar-refractivity contribution < 1.29 is 9.18 Å². The number of aryl methyl sites for hydroxylation is 1. The molecule has 130 valence electrons. The lowest BCUT2D eigenvalue weighted by atomic mass is 10.2. The molecule has 3 aromatic heterocycles. The van der Waals surface area contributed by atoms with Crippen LogP contribution < -0.4 is 5.32 Å². The van der Waals surface area contributed by atoms with Gasteiger partial charge in [-0.2, -0.15) is 5.10 Å². The van der Waals surface area contributed by atoms with E-state index in [-0.39, 0.29) is 17.8 Å². The maximum atomic E-state index is 13.7. The van der Waals surface area contributed by atoms with Gasteiger partial charge in [0.15, 0.2) is 0 Å². The van der Waals surface area contributed by atoms with Crippen LogP contribution in [0.15, 0.2) is 36.5 Å². The molecule has 0 aliphatic heterocycles. The number of amides is 1. The summed E-state index contributed by atoms with van der Waals surface area (Å²) in [5, 5.41) is 10.7. The van der Waals surface area contributed by atoms with Crippen molar-refractivity contribution in [2.45, 2.75) is 25.8 Å². The van der Waals surface area contributed by atoms with Gasteiger partial charge in [0.05, 0.1) is 34.1 Å². The predicted octanol–water partition coefficient (Wildman–Crippen LogP) is 3.24. The SMILES string of the molecule is Cc1nc(C(=O)NC2CC2)ccc1-n1c2ccc(F)cc2c2[nH]ncc21. The molecule has 1 fully saturated rings. The summed E-state index contributed by atoms with van der Waals surface area (Å²) in [5.74, 6) is -0.442. The number of fused-ring (bicyclic) bond motifs is 3. The van der Waals surface area contributed by atoms with E-state index in [1.807, 2.05) is 17.6 Å². The first-order chi connectivity index (χ1) is 12.6. The van der Waals surface area contributed by atoms with Gasteiger partial charge in [-0.3, -0.25) is 9.89 Å². The van der Waals surface area contributed by atoms with Gasteiger partial charge >= 0.3 is 0 Å². The van der Waals surface area contributed by atoms with Crippen LogP contribution in [-0.2, 0) is 0 Å². The van der Waals surface area contributed by atoms with Crippen LogP contribution in [0.3, 0.4) is 0 Å². The number of pyridine rings is 1. The van der Waals surface area contributed by atoms with Crippen LogP contribution in [0.4, 0.5) is 4.39 Å². The van der Waals surface area contributed by atoms with Gasteiger partial charge in [-0.1, -0.05) is 0 Å². The maximum Gasteiger partial charge on any atom is 0.270 e. The number of aromatic nitrogens is 4. The molecule has 0 bridgehead atoms. The van der Waals surface area contributed by atoms with Gasteiger partial charge in [0, 0.05) is 11.4 Å². The fourth-order valence-corrected chi connectivity index (χ4v) is 3.34. The van der Waals surface area contributed by atoms with Crippen LogP contribution in [0.1, 0.15) is 29.0 Å². The number of hydrogen-bond donors (Lipinski definition) is 2. The van der Waals surface area contributed by atoms with Crippen molar-refractivity contribution in [2.24, 2.45) is 0 Å². The van der Waals surface area contributed by atoms with Crippen molar-refractivity contribution in [1.29, 1.82) is 0 Å². The molecule has 4 aromatic rings. The summed E-state index contributed by atoms with van der Waals surface area (Å²) in [6, 6.07) is 8.56. The zero-order valence-electron chi connectivity index (χ0n) is 14.1. The molecule has 0 spiro atoms. The third-order valence-corrected chi connectivity index (χ3v) is 4.77. The van der Waals surface area contributed by atoms with Gasteiger partial charge in [0.1, 0.15) is 11.5 Å². The molecule has 5 rings (SSSR count). The molecular formula is C19H16FN5O. The smallest absolute Gasteiger partial charge is 0.270 e. The van der Waals surface area contributed by atoms with Gasteiger partial charge in [0.25, 0.3) is 5.91 Å². The molecule has 0 unspecified atom stereocenters. The second-order valence-electron chi connectivity index (χ2n) is 6.68. The average molecular weight is 349 g/mol. The second kappa shape index (κ2) is 5.39. The Morgan fingerprint density at radius 3 is 2.88 bits per heavy atom. The molecule has 1 aromatic carbocycles. The number of carbonyl (C=O) groups excluding carboxylic acids is 1. The summed E-state index contributed by atoms with van der Waals surface area (Å²) >= 11 is 0. The number of nitrogens with one attached hydrogen (secondary N) is 2. The van der Waals surface area contributed by atoms with Crippen molar-refractivity contribution >= 4 is 27.8 Å². The van der Waals surface area contributed by atoms with Crippen molar-refractivity contribution in [3.63, 3.8) is 0 Å². The molecule has 0 atom stereocenters. The zero-order chi connectivity index (χ0) is 17.8. The Labute approximate surface area is 148 Å². The normalized spacial score (nSPS) is 14.2. The summed E-state index contributed by atoms with van der Waals surface area (Å²) in [6.07, 6.45) is 3.78. The Morgan fingerprint density at radius 1 is 1.27 bits per heavy atom. The van der Waals surface area contributed by atoms with E-state index < -0.39 is 0 Å². The molecule has 7 heteroatoms.